The average Bonchev–Trinajstić information content (AvgIpc) is 3.51. The van der Waals surface area contributed by atoms with Gasteiger partial charge in [0.25, 0.3) is 5.91 Å². The van der Waals surface area contributed by atoms with Gasteiger partial charge in [0.2, 0.25) is 0 Å². The predicted octanol–water partition coefficient (Wildman–Crippen LogP) is 8.51. The average molecular weight is 622 g/mol. The molecule has 3 unspecified atom stereocenters. The number of benzene rings is 2. The number of halogens is 1. The van der Waals surface area contributed by atoms with Crippen LogP contribution in [0.3, 0.4) is 0 Å². The second-order valence-electron chi connectivity index (χ2n) is 15.1. The zero-order valence-corrected chi connectivity index (χ0v) is 29.3. The highest BCUT2D eigenvalue weighted by atomic mass is 35.5. The zero-order valence-electron chi connectivity index (χ0n) is 28.6. The molecule has 1 amide bonds. The lowest BCUT2D eigenvalue weighted by molar-refractivity contribution is 0.0724. The van der Waals surface area contributed by atoms with Crippen LogP contribution < -0.4 is 16.8 Å². The molecule has 242 valence electrons. The Balaban J connectivity index is 0.000000676. The first-order valence-corrected chi connectivity index (χ1v) is 16.6. The topological polar surface area (TPSA) is 99.0 Å². The monoisotopic (exact) mass is 621 g/mol. The Morgan fingerprint density at radius 3 is 2.23 bits per heavy atom. The molecule has 1 saturated carbocycles. The van der Waals surface area contributed by atoms with Crippen molar-refractivity contribution in [1.29, 1.82) is 0 Å². The number of aryl methyl sites for hydroxylation is 1. The molecule has 44 heavy (non-hydrogen) atoms. The standard InChI is InChI=1S/C31H41ClN4O.C6H15N/c1-20-13-14-31(6,17-20)29(30(3,4)5)34-28(37)26-16-27(24-11-12-25(32)21(2)15-24)36(35-26)19-23-9-7-22(18-33)8-10-23;1-4-5-6(2,3)7/h7-12,15-16,20,29H,13-14,17-19,33H2,1-6H3,(H,34,37);4-5,7H2,1-3H3. The maximum Gasteiger partial charge on any atom is 0.272 e. The molecule has 5 N–H and O–H groups in total. The molecule has 1 aromatic heterocycles. The van der Waals surface area contributed by atoms with Gasteiger partial charge >= 0.3 is 0 Å². The quantitative estimate of drug-likeness (QED) is 0.223. The van der Waals surface area contributed by atoms with E-state index in [9.17, 15) is 4.79 Å². The molecule has 0 spiro atoms. The molecule has 0 bridgehead atoms. The highest BCUT2D eigenvalue weighted by molar-refractivity contribution is 6.31. The van der Waals surface area contributed by atoms with Crippen molar-refractivity contribution in [2.24, 2.45) is 28.2 Å². The fourth-order valence-electron chi connectivity index (χ4n) is 6.76. The summed E-state index contributed by atoms with van der Waals surface area (Å²) in [5.74, 6) is 0.557. The van der Waals surface area contributed by atoms with E-state index in [4.69, 9.17) is 28.2 Å². The van der Waals surface area contributed by atoms with Gasteiger partial charge in [0.15, 0.2) is 5.69 Å². The second kappa shape index (κ2) is 14.6. The van der Waals surface area contributed by atoms with Gasteiger partial charge in [-0.2, -0.15) is 5.10 Å². The normalized spacial score (nSPS) is 19.3. The van der Waals surface area contributed by atoms with Crippen LogP contribution in [0.1, 0.15) is 115 Å². The smallest absolute Gasteiger partial charge is 0.272 e. The molecular formula is C37H56ClN5O. The van der Waals surface area contributed by atoms with Crippen LogP contribution >= 0.6 is 11.6 Å². The summed E-state index contributed by atoms with van der Waals surface area (Å²) in [6, 6.07) is 16.1. The van der Waals surface area contributed by atoms with E-state index in [1.54, 1.807) is 0 Å². The van der Waals surface area contributed by atoms with Gasteiger partial charge in [0.05, 0.1) is 12.2 Å². The highest BCUT2D eigenvalue weighted by Crippen LogP contribution is 2.48. The molecule has 1 heterocycles. The van der Waals surface area contributed by atoms with E-state index in [2.05, 4.69) is 72.8 Å². The molecule has 0 saturated heterocycles. The van der Waals surface area contributed by atoms with E-state index in [1.165, 1.54) is 12.8 Å². The first kappa shape index (κ1) is 35.8. The summed E-state index contributed by atoms with van der Waals surface area (Å²) >= 11 is 6.31. The molecule has 3 aromatic rings. The fraction of sp³-hybridized carbons (Fsp3) is 0.568. The maximum absolute atomic E-state index is 13.7. The minimum Gasteiger partial charge on any atom is -0.347 e. The number of rotatable bonds is 9. The molecule has 7 heteroatoms. The summed E-state index contributed by atoms with van der Waals surface area (Å²) in [4.78, 5) is 13.7. The number of amides is 1. The lowest BCUT2D eigenvalue weighted by Gasteiger charge is -2.43. The van der Waals surface area contributed by atoms with Crippen molar-refractivity contribution in [2.45, 2.75) is 119 Å². The molecule has 3 atom stereocenters. The van der Waals surface area contributed by atoms with Crippen molar-refractivity contribution in [1.82, 2.24) is 15.1 Å². The first-order valence-electron chi connectivity index (χ1n) is 16.2. The number of hydrogen-bond donors (Lipinski definition) is 3. The lowest BCUT2D eigenvalue weighted by Crippen LogP contribution is -2.53. The summed E-state index contributed by atoms with van der Waals surface area (Å²) in [5.41, 5.74) is 16.9. The number of hydrogen-bond acceptors (Lipinski definition) is 4. The molecule has 1 fully saturated rings. The largest absolute Gasteiger partial charge is 0.347 e. The van der Waals surface area contributed by atoms with Crippen LogP contribution in [-0.4, -0.2) is 27.3 Å². The Morgan fingerprint density at radius 2 is 1.75 bits per heavy atom. The van der Waals surface area contributed by atoms with Crippen molar-refractivity contribution in [3.05, 3.63) is 75.9 Å². The van der Waals surface area contributed by atoms with Crippen molar-refractivity contribution in [2.75, 3.05) is 0 Å². The maximum atomic E-state index is 13.7. The number of carbonyl (C=O) groups is 1. The van der Waals surface area contributed by atoms with Crippen molar-refractivity contribution in [3.8, 4) is 11.3 Å². The van der Waals surface area contributed by atoms with E-state index < -0.39 is 0 Å². The number of nitrogens with two attached hydrogens (primary N) is 2. The highest BCUT2D eigenvalue weighted by Gasteiger charge is 2.46. The Hall–Kier alpha value is -2.67. The second-order valence-corrected chi connectivity index (χ2v) is 15.5. The van der Waals surface area contributed by atoms with Crippen LogP contribution in [0.2, 0.25) is 5.02 Å². The Bertz CT molecular complexity index is 1380. The molecule has 0 radical (unpaired) electrons. The molecule has 2 aromatic carbocycles. The Labute approximate surface area is 271 Å². The lowest BCUT2D eigenvalue weighted by atomic mass is 9.68. The molecule has 1 aliphatic rings. The number of nitrogens with zero attached hydrogens (tertiary/aromatic N) is 2. The van der Waals surface area contributed by atoms with E-state index in [1.807, 2.05) is 48.0 Å². The van der Waals surface area contributed by atoms with Crippen LogP contribution in [0.15, 0.2) is 48.5 Å². The molecule has 4 rings (SSSR count). The van der Waals surface area contributed by atoms with Gasteiger partial charge in [-0.1, -0.05) is 96.3 Å². The van der Waals surface area contributed by atoms with Crippen LogP contribution in [0.4, 0.5) is 0 Å². The predicted molar refractivity (Wildman–Crippen MR) is 186 cm³/mol. The van der Waals surface area contributed by atoms with E-state index in [-0.39, 0.29) is 28.3 Å². The van der Waals surface area contributed by atoms with Crippen LogP contribution in [0, 0.1) is 23.7 Å². The summed E-state index contributed by atoms with van der Waals surface area (Å²) in [6.07, 6.45) is 5.75. The van der Waals surface area contributed by atoms with Crippen LogP contribution in [0.25, 0.3) is 11.3 Å². The van der Waals surface area contributed by atoms with Gasteiger partial charge in [-0.05, 0) is 91.7 Å². The van der Waals surface area contributed by atoms with Crippen LogP contribution in [0.5, 0.6) is 0 Å². The minimum atomic E-state index is -0.120. The summed E-state index contributed by atoms with van der Waals surface area (Å²) in [6.45, 7) is 20.6. The number of carbonyl (C=O) groups excluding carboxylic acids is 1. The third kappa shape index (κ3) is 9.66. The summed E-state index contributed by atoms with van der Waals surface area (Å²) in [7, 11) is 0. The third-order valence-corrected chi connectivity index (χ3v) is 9.24. The van der Waals surface area contributed by atoms with E-state index in [0.717, 1.165) is 52.2 Å². The first-order chi connectivity index (χ1) is 20.5. The SMILES string of the molecule is CCCC(C)(C)N.Cc1cc(-c2cc(C(=O)NC(C(C)(C)C)C3(C)CCC(C)C3)nn2Cc2ccc(CN)cc2)ccc1Cl. The van der Waals surface area contributed by atoms with Gasteiger partial charge in [-0.3, -0.25) is 9.48 Å². The van der Waals surface area contributed by atoms with Gasteiger partial charge < -0.3 is 16.8 Å². The summed E-state index contributed by atoms with van der Waals surface area (Å²) < 4.78 is 1.92. The molecule has 0 aliphatic heterocycles. The van der Waals surface area contributed by atoms with Crippen molar-refractivity contribution < 1.29 is 4.79 Å². The zero-order chi connectivity index (χ0) is 32.9. The number of nitrogens with one attached hydrogen (secondary N) is 1. The summed E-state index contributed by atoms with van der Waals surface area (Å²) in [5, 5.41) is 8.96. The minimum absolute atomic E-state index is 0.0487. The molecule has 6 nitrogen and oxygen atoms in total. The van der Waals surface area contributed by atoms with E-state index in [0.29, 0.717) is 24.7 Å². The number of aromatic nitrogens is 2. The van der Waals surface area contributed by atoms with Gasteiger partial charge in [-0.25, -0.2) is 0 Å². The fourth-order valence-corrected chi connectivity index (χ4v) is 6.88. The Morgan fingerprint density at radius 1 is 1.11 bits per heavy atom. The van der Waals surface area contributed by atoms with Crippen molar-refractivity contribution in [3.63, 3.8) is 0 Å². The van der Waals surface area contributed by atoms with Gasteiger partial charge in [0, 0.05) is 28.7 Å². The Kier molecular flexibility index (Phi) is 11.9. The third-order valence-electron chi connectivity index (χ3n) is 8.81. The van der Waals surface area contributed by atoms with Gasteiger partial charge in [-0.15, -0.1) is 0 Å². The van der Waals surface area contributed by atoms with Gasteiger partial charge in [0.1, 0.15) is 0 Å². The van der Waals surface area contributed by atoms with E-state index >= 15 is 0 Å². The van der Waals surface area contributed by atoms with Crippen molar-refractivity contribution >= 4 is 17.5 Å². The van der Waals surface area contributed by atoms with Crippen LogP contribution in [-0.2, 0) is 13.1 Å². The molecule has 1 aliphatic carbocycles. The molecular weight excluding hydrogens is 566 g/mol.